The van der Waals surface area contributed by atoms with Gasteiger partial charge >= 0.3 is 16.9 Å². The van der Waals surface area contributed by atoms with Crippen LogP contribution in [0.3, 0.4) is 0 Å². The van der Waals surface area contributed by atoms with Crippen molar-refractivity contribution in [1.82, 2.24) is 9.97 Å². The lowest BCUT2D eigenvalue weighted by Gasteiger charge is -2.21. The summed E-state index contributed by atoms with van der Waals surface area (Å²) in [5.74, 6) is 0. The van der Waals surface area contributed by atoms with Crippen molar-refractivity contribution < 1.29 is 25.3 Å². The van der Waals surface area contributed by atoms with E-state index in [1.54, 1.807) is 4.98 Å². The first-order valence-corrected chi connectivity index (χ1v) is 5.92. The molecule has 0 radical (unpaired) electrons. The molecule has 1 heterocycles. The number of hydrogen-bond acceptors (Lipinski definition) is 8. The Kier molecular flexibility index (Phi) is 5.72. The average molecular weight is 305 g/mol. The van der Waals surface area contributed by atoms with Crippen LogP contribution in [0.1, 0.15) is 12.1 Å². The van der Waals surface area contributed by atoms with Crippen LogP contribution in [0.5, 0.6) is 0 Å². The number of aromatic amines is 2. The molecule has 11 nitrogen and oxygen atoms in total. The molecule has 0 aliphatic carbocycles. The van der Waals surface area contributed by atoms with Crippen molar-refractivity contribution in [2.75, 3.05) is 6.61 Å². The van der Waals surface area contributed by atoms with Crippen molar-refractivity contribution in [2.24, 2.45) is 0 Å². The summed E-state index contributed by atoms with van der Waals surface area (Å²) in [6.07, 6.45) is -5.31. The fraction of sp³-hybridized carbons (Fsp3) is 0.600. The number of aliphatic hydroxyl groups excluding tert-OH is 4. The van der Waals surface area contributed by atoms with Crippen LogP contribution in [0.4, 0.5) is 5.69 Å². The maximum Gasteiger partial charge on any atom is 0.353 e. The van der Waals surface area contributed by atoms with E-state index < -0.39 is 46.8 Å². The summed E-state index contributed by atoms with van der Waals surface area (Å²) in [5, 5.41) is 47.5. The molecule has 0 spiro atoms. The Morgan fingerprint density at radius 2 is 1.76 bits per heavy atom. The monoisotopic (exact) mass is 305 g/mol. The third-order valence-corrected chi connectivity index (χ3v) is 2.84. The fourth-order valence-electron chi connectivity index (χ4n) is 1.73. The lowest BCUT2D eigenvalue weighted by atomic mass is 10.0. The van der Waals surface area contributed by atoms with Crippen LogP contribution in [0.25, 0.3) is 0 Å². The Bertz CT molecular complexity index is 609. The van der Waals surface area contributed by atoms with E-state index in [2.05, 4.69) is 4.98 Å². The highest BCUT2D eigenvalue weighted by atomic mass is 16.6. The van der Waals surface area contributed by atoms with Gasteiger partial charge in [0.25, 0.3) is 0 Å². The Morgan fingerprint density at radius 1 is 1.14 bits per heavy atom. The molecule has 0 bridgehead atoms. The van der Waals surface area contributed by atoms with Gasteiger partial charge in [0.1, 0.15) is 17.9 Å². The zero-order valence-electron chi connectivity index (χ0n) is 10.7. The molecule has 1 aromatic rings. The third-order valence-electron chi connectivity index (χ3n) is 2.84. The minimum atomic E-state index is -1.66. The van der Waals surface area contributed by atoms with E-state index in [1.807, 2.05) is 0 Å². The summed E-state index contributed by atoms with van der Waals surface area (Å²) < 4.78 is 0. The Morgan fingerprint density at radius 3 is 2.29 bits per heavy atom. The van der Waals surface area contributed by atoms with E-state index in [0.29, 0.717) is 0 Å². The molecule has 0 aromatic carbocycles. The van der Waals surface area contributed by atoms with Gasteiger partial charge in [-0.05, 0) is 12.8 Å². The van der Waals surface area contributed by atoms with Gasteiger partial charge in [-0.3, -0.25) is 19.9 Å². The maximum atomic E-state index is 11.3. The molecule has 0 fully saturated rings. The van der Waals surface area contributed by atoms with Crippen LogP contribution in [-0.2, 0) is 6.42 Å². The zero-order valence-corrected chi connectivity index (χ0v) is 10.7. The van der Waals surface area contributed by atoms with Crippen LogP contribution in [0, 0.1) is 10.1 Å². The summed E-state index contributed by atoms with van der Waals surface area (Å²) in [7, 11) is 0. The van der Waals surface area contributed by atoms with Crippen LogP contribution < -0.4 is 11.2 Å². The minimum absolute atomic E-state index is 0.279. The standard InChI is InChI=1S/C10H15N3O8/c14-3-6(16)8(17)5(15)2-1-4-7(13(20)21)9(18)12-10(19)11-4/h5-6,8,14-17H,1-3H2,(H2,11,12,18,19)/t5-,6+,8-/m0/s1. The van der Waals surface area contributed by atoms with Crippen molar-refractivity contribution >= 4 is 5.69 Å². The molecule has 1 aromatic heterocycles. The fourth-order valence-corrected chi connectivity index (χ4v) is 1.73. The first kappa shape index (κ1) is 17.0. The largest absolute Gasteiger partial charge is 0.394 e. The van der Waals surface area contributed by atoms with E-state index in [4.69, 9.17) is 10.2 Å². The number of hydrogen-bond donors (Lipinski definition) is 6. The van der Waals surface area contributed by atoms with E-state index in [1.165, 1.54) is 0 Å². The molecule has 6 N–H and O–H groups in total. The molecular formula is C10H15N3O8. The number of nitrogens with one attached hydrogen (secondary N) is 2. The molecule has 0 aliphatic heterocycles. The molecule has 0 amide bonds. The van der Waals surface area contributed by atoms with Crippen molar-refractivity contribution in [3.63, 3.8) is 0 Å². The van der Waals surface area contributed by atoms with Gasteiger partial charge in [-0.1, -0.05) is 0 Å². The second kappa shape index (κ2) is 7.08. The van der Waals surface area contributed by atoms with Crippen LogP contribution >= 0.6 is 0 Å². The van der Waals surface area contributed by atoms with E-state index in [9.17, 15) is 29.9 Å². The predicted molar refractivity (Wildman–Crippen MR) is 67.8 cm³/mol. The molecule has 3 atom stereocenters. The Hall–Kier alpha value is -2.08. The molecular weight excluding hydrogens is 290 g/mol. The van der Waals surface area contributed by atoms with Gasteiger partial charge in [0.05, 0.1) is 17.6 Å². The molecule has 21 heavy (non-hydrogen) atoms. The normalized spacial score (nSPS) is 15.4. The van der Waals surface area contributed by atoms with E-state index >= 15 is 0 Å². The van der Waals surface area contributed by atoms with Gasteiger partial charge in [-0.2, -0.15) is 0 Å². The molecule has 0 saturated carbocycles. The quantitative estimate of drug-likeness (QED) is 0.226. The summed E-state index contributed by atoms with van der Waals surface area (Å²) in [6.45, 7) is -0.778. The van der Waals surface area contributed by atoms with E-state index in [-0.39, 0.29) is 18.5 Å². The van der Waals surface area contributed by atoms with Crippen LogP contribution in [0.15, 0.2) is 9.59 Å². The molecule has 0 saturated heterocycles. The lowest BCUT2D eigenvalue weighted by Crippen LogP contribution is -2.39. The van der Waals surface area contributed by atoms with Gasteiger partial charge in [0.15, 0.2) is 0 Å². The van der Waals surface area contributed by atoms with Gasteiger partial charge in [0, 0.05) is 0 Å². The van der Waals surface area contributed by atoms with Gasteiger partial charge in [-0.15, -0.1) is 0 Å². The van der Waals surface area contributed by atoms with Crippen LogP contribution in [-0.4, -0.2) is 60.2 Å². The highest BCUT2D eigenvalue weighted by molar-refractivity contribution is 5.31. The molecule has 1 rings (SSSR count). The van der Waals surface area contributed by atoms with Crippen LogP contribution in [0.2, 0.25) is 0 Å². The van der Waals surface area contributed by atoms with Crippen molar-refractivity contribution in [3.8, 4) is 0 Å². The Balaban J connectivity index is 2.92. The topological polar surface area (TPSA) is 190 Å². The number of nitro groups is 1. The summed E-state index contributed by atoms with van der Waals surface area (Å²) in [6, 6.07) is 0. The summed E-state index contributed by atoms with van der Waals surface area (Å²) in [4.78, 5) is 36.0. The molecule has 0 unspecified atom stereocenters. The second-order valence-corrected chi connectivity index (χ2v) is 4.34. The average Bonchev–Trinajstić information content (AvgIpc) is 2.41. The smallest absolute Gasteiger partial charge is 0.353 e. The number of H-pyrrole nitrogens is 2. The third kappa shape index (κ3) is 4.19. The number of aromatic nitrogens is 2. The van der Waals surface area contributed by atoms with Gasteiger partial charge in [-0.25, -0.2) is 4.79 Å². The van der Waals surface area contributed by atoms with Crippen molar-refractivity contribution in [1.29, 1.82) is 0 Å². The number of aliphatic hydroxyl groups is 4. The summed E-state index contributed by atoms with van der Waals surface area (Å²) in [5.41, 5.74) is -3.28. The van der Waals surface area contributed by atoms with Crippen molar-refractivity contribution in [2.45, 2.75) is 31.2 Å². The first-order valence-electron chi connectivity index (χ1n) is 5.92. The highest BCUT2D eigenvalue weighted by Gasteiger charge is 2.26. The summed E-state index contributed by atoms with van der Waals surface area (Å²) >= 11 is 0. The molecule has 11 heteroatoms. The highest BCUT2D eigenvalue weighted by Crippen LogP contribution is 2.13. The molecule has 0 aliphatic rings. The van der Waals surface area contributed by atoms with Gasteiger partial charge in [0.2, 0.25) is 0 Å². The molecule has 118 valence electrons. The first-order chi connectivity index (χ1) is 9.77. The number of nitrogens with zero attached hydrogens (tertiary/aromatic N) is 1. The van der Waals surface area contributed by atoms with Gasteiger partial charge < -0.3 is 25.4 Å². The predicted octanol–water partition coefficient (Wildman–Crippen LogP) is -3.02. The van der Waals surface area contributed by atoms with Crippen molar-refractivity contribution in [3.05, 3.63) is 36.6 Å². The Labute approximate surface area is 116 Å². The van der Waals surface area contributed by atoms with E-state index in [0.717, 1.165) is 0 Å². The number of rotatable bonds is 7. The second-order valence-electron chi connectivity index (χ2n) is 4.34. The number of aryl methyl sites for hydroxylation is 1. The maximum absolute atomic E-state index is 11.3. The minimum Gasteiger partial charge on any atom is -0.394 e. The SMILES string of the molecule is O=c1[nH]c(CC[C@H](O)[C@H](O)[C@H](O)CO)c([N+](=O)[O-])c(=O)[nH]1. The lowest BCUT2D eigenvalue weighted by molar-refractivity contribution is -0.387. The zero-order chi connectivity index (χ0) is 16.2.